The number of rotatable bonds is 7. The Labute approximate surface area is 205 Å². The zero-order valence-electron chi connectivity index (χ0n) is 21.0. The highest BCUT2D eigenvalue weighted by atomic mass is 16.5. The van der Waals surface area contributed by atoms with Crippen molar-refractivity contribution in [2.45, 2.75) is 58.3 Å². The van der Waals surface area contributed by atoms with Gasteiger partial charge in [-0.05, 0) is 86.2 Å². The number of aliphatic hydroxyl groups is 1. The lowest BCUT2D eigenvalue weighted by Crippen LogP contribution is -2.49. The molecule has 0 amide bonds. The average molecular weight is 453 g/mol. The molecule has 176 valence electrons. The van der Waals surface area contributed by atoms with Crippen LogP contribution in [0.1, 0.15) is 52.6 Å². The highest BCUT2D eigenvalue weighted by molar-refractivity contribution is 6.47. The maximum Gasteiger partial charge on any atom is 0.309 e. The van der Waals surface area contributed by atoms with E-state index >= 15 is 0 Å². The third-order valence-electron chi connectivity index (χ3n) is 7.09. The largest absolute Gasteiger partial charge is 0.427 e. The van der Waals surface area contributed by atoms with Crippen molar-refractivity contribution in [3.8, 4) is 11.1 Å². The maximum atomic E-state index is 10.5. The molecule has 3 nitrogen and oxygen atoms in total. The minimum atomic E-state index is -0.945. The quantitative estimate of drug-likeness (QED) is 0.544. The van der Waals surface area contributed by atoms with Crippen molar-refractivity contribution in [1.29, 1.82) is 0 Å². The van der Waals surface area contributed by atoms with E-state index in [1.165, 1.54) is 22.3 Å². The van der Waals surface area contributed by atoms with E-state index in [9.17, 15) is 5.11 Å². The van der Waals surface area contributed by atoms with Crippen LogP contribution < -0.4 is 10.8 Å². The van der Waals surface area contributed by atoms with Gasteiger partial charge in [-0.3, -0.25) is 0 Å². The summed E-state index contributed by atoms with van der Waals surface area (Å²) in [4.78, 5) is 0. The molecular formula is C30H36BNO2. The fourth-order valence-electron chi connectivity index (χ4n) is 4.21. The van der Waals surface area contributed by atoms with Crippen LogP contribution in [-0.2, 0) is 4.65 Å². The molecule has 1 heterocycles. The summed E-state index contributed by atoms with van der Waals surface area (Å²) < 4.78 is 6.22. The third-order valence-corrected chi connectivity index (χ3v) is 7.09. The van der Waals surface area contributed by atoms with Gasteiger partial charge in [0.05, 0.1) is 17.2 Å². The van der Waals surface area contributed by atoms with Gasteiger partial charge in [-0.15, -0.1) is 0 Å². The van der Waals surface area contributed by atoms with Gasteiger partial charge in [0.15, 0.2) is 0 Å². The Morgan fingerprint density at radius 3 is 2.50 bits per heavy atom. The molecule has 2 aromatic carbocycles. The number of dihydropyridines is 1. The first-order chi connectivity index (χ1) is 16.1. The van der Waals surface area contributed by atoms with Gasteiger partial charge in [-0.2, -0.15) is 0 Å². The summed E-state index contributed by atoms with van der Waals surface area (Å²) in [6.45, 7) is 9.71. The third kappa shape index (κ3) is 5.63. The van der Waals surface area contributed by atoms with E-state index in [0.717, 1.165) is 17.4 Å². The van der Waals surface area contributed by atoms with Gasteiger partial charge in [-0.1, -0.05) is 79.2 Å². The smallest absolute Gasteiger partial charge is 0.309 e. The molecule has 0 fully saturated rings. The van der Waals surface area contributed by atoms with Crippen molar-refractivity contribution in [2.75, 3.05) is 0 Å². The molecule has 0 bridgehead atoms. The van der Waals surface area contributed by atoms with Crippen molar-refractivity contribution in [3.63, 3.8) is 0 Å². The summed E-state index contributed by atoms with van der Waals surface area (Å²) in [6.07, 6.45) is 14.3. The number of benzene rings is 2. The monoisotopic (exact) mass is 453 g/mol. The van der Waals surface area contributed by atoms with Crippen molar-refractivity contribution in [1.82, 2.24) is 5.32 Å². The minimum Gasteiger partial charge on any atom is -0.427 e. The predicted molar refractivity (Wildman–Crippen MR) is 144 cm³/mol. The highest BCUT2D eigenvalue weighted by Gasteiger charge is 2.35. The van der Waals surface area contributed by atoms with E-state index in [0.29, 0.717) is 13.4 Å². The molecule has 0 spiro atoms. The van der Waals surface area contributed by atoms with Gasteiger partial charge in [0.25, 0.3) is 0 Å². The van der Waals surface area contributed by atoms with Crippen LogP contribution >= 0.6 is 0 Å². The van der Waals surface area contributed by atoms with Crippen LogP contribution in [0.4, 0.5) is 0 Å². The van der Waals surface area contributed by atoms with Gasteiger partial charge >= 0.3 is 7.48 Å². The normalized spacial score (nSPS) is 20.4. The Morgan fingerprint density at radius 1 is 1.03 bits per heavy atom. The number of hydrogen-bond donors (Lipinski definition) is 2. The first kappa shape index (κ1) is 24.3. The van der Waals surface area contributed by atoms with Crippen LogP contribution in [-0.4, -0.2) is 23.8 Å². The molecule has 2 unspecified atom stereocenters. The zero-order chi connectivity index (χ0) is 24.3. The summed E-state index contributed by atoms with van der Waals surface area (Å²) >= 11 is 0. The number of nitrogens with one attached hydrogen (secondary N) is 1. The van der Waals surface area contributed by atoms with E-state index in [4.69, 9.17) is 4.65 Å². The summed E-state index contributed by atoms with van der Waals surface area (Å²) in [5.41, 5.74) is 5.68. The summed E-state index contributed by atoms with van der Waals surface area (Å²) in [7, 11) is 0.428. The maximum absolute atomic E-state index is 10.5. The van der Waals surface area contributed by atoms with Crippen LogP contribution in [0.3, 0.4) is 0 Å². The van der Waals surface area contributed by atoms with E-state index in [1.54, 1.807) is 13.8 Å². The lowest BCUT2D eigenvalue weighted by molar-refractivity contribution is -0.0893. The van der Waals surface area contributed by atoms with E-state index in [-0.39, 0.29) is 6.04 Å². The molecule has 2 aliphatic rings. The van der Waals surface area contributed by atoms with Crippen LogP contribution in [0, 0.1) is 5.92 Å². The first-order valence-electron chi connectivity index (χ1n) is 12.2. The minimum absolute atomic E-state index is 0.0758. The van der Waals surface area contributed by atoms with Crippen molar-refractivity contribution in [3.05, 3.63) is 102 Å². The van der Waals surface area contributed by atoms with Crippen molar-refractivity contribution >= 4 is 12.9 Å². The summed E-state index contributed by atoms with van der Waals surface area (Å²) in [5, 5.41) is 14.1. The molecule has 0 aromatic heterocycles. The molecule has 2 atom stereocenters. The van der Waals surface area contributed by atoms with Gasteiger partial charge < -0.3 is 15.1 Å². The second kappa shape index (κ2) is 9.81. The Hall–Kier alpha value is -2.82. The lowest BCUT2D eigenvalue weighted by atomic mass is 9.80. The lowest BCUT2D eigenvalue weighted by Gasteiger charge is -2.37. The molecule has 0 radical (unpaired) electrons. The van der Waals surface area contributed by atoms with E-state index < -0.39 is 11.2 Å². The molecule has 2 N–H and O–H groups in total. The standard InChI is InChI=1S/C30H36BNO2/c1-21-10-9-13-23(16-21)24-14-15-32-28(20-24)26-17-25(22-11-7-6-8-12-22)18-27(19-26)31-34-30(4,5)29(2,3)33/h6-15,17-21,28,31-33H,16H2,1-5H3. The molecule has 2 aromatic rings. The molecule has 4 rings (SSSR count). The topological polar surface area (TPSA) is 41.5 Å². The molecule has 34 heavy (non-hydrogen) atoms. The van der Waals surface area contributed by atoms with Crippen molar-refractivity contribution in [2.24, 2.45) is 5.92 Å². The molecular weight excluding hydrogens is 417 g/mol. The summed E-state index contributed by atoms with van der Waals surface area (Å²) in [5.74, 6) is 0.562. The Kier molecular flexibility index (Phi) is 7.02. The zero-order valence-corrected chi connectivity index (χ0v) is 21.0. The Balaban J connectivity index is 1.67. The Bertz CT molecular complexity index is 1140. The van der Waals surface area contributed by atoms with Crippen LogP contribution in [0.2, 0.25) is 0 Å². The van der Waals surface area contributed by atoms with E-state index in [1.807, 2.05) is 19.9 Å². The number of hydrogen-bond acceptors (Lipinski definition) is 3. The average Bonchev–Trinajstić information content (AvgIpc) is 2.82. The fraction of sp³-hybridized carbons (Fsp3) is 0.333. The molecule has 0 saturated heterocycles. The van der Waals surface area contributed by atoms with E-state index in [2.05, 4.69) is 91.3 Å². The fourth-order valence-corrected chi connectivity index (χ4v) is 4.21. The molecule has 1 aliphatic heterocycles. The molecule has 0 saturated carbocycles. The SMILES string of the molecule is CC1C=CC=C(C2=CC(c3cc(BOC(C)(C)C(C)(C)O)cc(-c4ccccc4)c3)NC=C2)C1. The molecule has 1 aliphatic carbocycles. The number of allylic oxidation sites excluding steroid dienone is 6. The van der Waals surface area contributed by atoms with Crippen LogP contribution in [0.25, 0.3) is 11.1 Å². The molecule has 4 heteroatoms. The first-order valence-corrected chi connectivity index (χ1v) is 12.2. The summed E-state index contributed by atoms with van der Waals surface area (Å²) in [6, 6.07) is 17.2. The van der Waals surface area contributed by atoms with Gasteiger partial charge in [-0.25, -0.2) is 0 Å². The van der Waals surface area contributed by atoms with Crippen molar-refractivity contribution < 1.29 is 9.76 Å². The highest BCUT2D eigenvalue weighted by Crippen LogP contribution is 2.31. The Morgan fingerprint density at radius 2 is 1.79 bits per heavy atom. The predicted octanol–water partition coefficient (Wildman–Crippen LogP) is 5.50. The van der Waals surface area contributed by atoms with Gasteiger partial charge in [0.1, 0.15) is 0 Å². The van der Waals surface area contributed by atoms with Gasteiger partial charge in [0, 0.05) is 0 Å². The van der Waals surface area contributed by atoms with Crippen LogP contribution in [0.15, 0.2) is 96.3 Å². The second-order valence-corrected chi connectivity index (χ2v) is 10.5. The van der Waals surface area contributed by atoms with Gasteiger partial charge in [0.2, 0.25) is 0 Å². The second-order valence-electron chi connectivity index (χ2n) is 10.5. The van der Waals surface area contributed by atoms with Crippen LogP contribution in [0.5, 0.6) is 0 Å².